The van der Waals surface area contributed by atoms with Crippen LogP contribution in [0.15, 0.2) is 77.3 Å². The number of hydrogen-bond donors (Lipinski definition) is 1. The molecule has 0 fully saturated rings. The Morgan fingerprint density at radius 2 is 1.65 bits per heavy atom. The summed E-state index contributed by atoms with van der Waals surface area (Å²) < 4.78 is 39.0. The van der Waals surface area contributed by atoms with Crippen LogP contribution in [0.5, 0.6) is 11.5 Å². The maximum absolute atomic E-state index is 13.9. The highest BCUT2D eigenvalue weighted by atomic mass is 79.9. The number of halogens is 1. The summed E-state index contributed by atoms with van der Waals surface area (Å²) >= 11 is 3.46. The molecule has 3 aromatic rings. The maximum Gasteiger partial charge on any atom is 0.243 e. The van der Waals surface area contributed by atoms with Gasteiger partial charge in [0.1, 0.15) is 19.3 Å². The van der Waals surface area contributed by atoms with Gasteiger partial charge in [0.25, 0.3) is 0 Å². The Morgan fingerprint density at radius 1 is 0.953 bits per heavy atom. The lowest BCUT2D eigenvalue weighted by Crippen LogP contribution is -2.50. The summed E-state index contributed by atoms with van der Waals surface area (Å²) in [6.07, 6.45) is 2.57. The minimum atomic E-state index is -3.65. The van der Waals surface area contributed by atoms with Crippen molar-refractivity contribution in [2.45, 2.75) is 45.2 Å². The van der Waals surface area contributed by atoms with Gasteiger partial charge in [0.2, 0.25) is 21.8 Å². The van der Waals surface area contributed by atoms with Crippen LogP contribution in [0.4, 0.5) is 5.69 Å². The summed E-state index contributed by atoms with van der Waals surface area (Å²) in [5, 5.41) is 2.97. The number of fused-ring (bicyclic) bond motifs is 1. The molecule has 4 rings (SSSR count). The van der Waals surface area contributed by atoms with Crippen molar-refractivity contribution in [1.29, 1.82) is 0 Å². The molecule has 1 aliphatic heterocycles. The van der Waals surface area contributed by atoms with Crippen molar-refractivity contribution in [2.24, 2.45) is 0 Å². The van der Waals surface area contributed by atoms with Crippen molar-refractivity contribution in [2.75, 3.05) is 36.9 Å². The zero-order valence-corrected chi connectivity index (χ0v) is 26.9. The van der Waals surface area contributed by atoms with Gasteiger partial charge in [0, 0.05) is 43.0 Å². The molecule has 0 spiro atoms. The molecule has 230 valence electrons. The Kier molecular flexibility index (Phi) is 11.5. The van der Waals surface area contributed by atoms with Crippen molar-refractivity contribution < 1.29 is 27.5 Å². The molecule has 0 radical (unpaired) electrons. The Bertz CT molecular complexity index is 1480. The summed E-state index contributed by atoms with van der Waals surface area (Å²) in [4.78, 5) is 29.0. The van der Waals surface area contributed by atoms with Crippen LogP contribution < -0.4 is 19.1 Å². The normalized spacial score (nSPS) is 13.2. The van der Waals surface area contributed by atoms with E-state index in [2.05, 4.69) is 21.2 Å². The highest BCUT2D eigenvalue weighted by molar-refractivity contribution is 9.10. The second-order valence-electron chi connectivity index (χ2n) is 10.4. The number of anilines is 1. The van der Waals surface area contributed by atoms with Crippen LogP contribution in [0, 0.1) is 0 Å². The minimum Gasteiger partial charge on any atom is -0.486 e. The van der Waals surface area contributed by atoms with Gasteiger partial charge in [-0.1, -0.05) is 65.3 Å². The van der Waals surface area contributed by atoms with E-state index in [1.165, 1.54) is 4.31 Å². The number of benzene rings is 3. The van der Waals surface area contributed by atoms with Gasteiger partial charge in [-0.15, -0.1) is 0 Å². The average Bonchev–Trinajstić information content (AvgIpc) is 3.00. The molecule has 1 N–H and O–H groups in total. The third-order valence-corrected chi connectivity index (χ3v) is 8.78. The predicted octanol–water partition coefficient (Wildman–Crippen LogP) is 4.93. The molecular formula is C32H38BrN3O6S. The lowest BCUT2D eigenvalue weighted by Gasteiger charge is -2.32. The number of carbonyl (C=O) groups excluding carboxylic acids is 2. The molecule has 0 unspecified atom stereocenters. The van der Waals surface area contributed by atoms with Crippen LogP contribution >= 0.6 is 15.9 Å². The molecule has 43 heavy (non-hydrogen) atoms. The number of nitrogens with zero attached hydrogens (tertiary/aromatic N) is 2. The third kappa shape index (κ3) is 9.21. The Labute approximate surface area is 262 Å². The van der Waals surface area contributed by atoms with Crippen LogP contribution in [0.2, 0.25) is 0 Å². The first-order chi connectivity index (χ1) is 20.7. The fraction of sp³-hybridized carbons (Fsp3) is 0.375. The fourth-order valence-corrected chi connectivity index (χ4v) is 6.12. The standard InChI is InChI=1S/C32H38BrN3O6S/c1-3-17-34-32(38)28(21-24-8-5-4-6-9-24)35(23-25-11-13-26(33)14-12-25)31(37)10-7-18-36(43(2,39)40)27-15-16-29-30(22-27)42-20-19-41-29/h4-6,8-9,11-16,22,28H,3,7,10,17-21,23H2,1-2H3,(H,34,38)/t28-/m0/s1. The third-order valence-electron chi connectivity index (χ3n) is 7.05. The van der Waals surface area contributed by atoms with Crippen LogP contribution in [-0.2, 0) is 32.6 Å². The minimum absolute atomic E-state index is 0.0550. The number of ether oxygens (including phenoxy) is 2. The smallest absolute Gasteiger partial charge is 0.243 e. The van der Waals surface area contributed by atoms with Crippen molar-refractivity contribution in [3.05, 3.63) is 88.4 Å². The van der Waals surface area contributed by atoms with E-state index in [1.54, 1.807) is 23.1 Å². The topological polar surface area (TPSA) is 105 Å². The molecular weight excluding hydrogens is 634 g/mol. The van der Waals surface area contributed by atoms with Gasteiger partial charge in [-0.3, -0.25) is 13.9 Å². The largest absolute Gasteiger partial charge is 0.486 e. The number of carbonyl (C=O) groups is 2. The predicted molar refractivity (Wildman–Crippen MR) is 171 cm³/mol. The quantitative estimate of drug-likeness (QED) is 0.261. The summed E-state index contributed by atoms with van der Waals surface area (Å²) in [7, 11) is -3.65. The SMILES string of the molecule is CCCNC(=O)[C@H](Cc1ccccc1)N(Cc1ccc(Br)cc1)C(=O)CCCN(c1ccc2c(c1)OCCO2)S(C)(=O)=O. The van der Waals surface area contributed by atoms with Gasteiger partial charge >= 0.3 is 0 Å². The number of rotatable bonds is 14. The second-order valence-corrected chi connectivity index (χ2v) is 13.2. The van der Waals surface area contributed by atoms with E-state index in [-0.39, 0.29) is 37.7 Å². The zero-order chi connectivity index (χ0) is 30.8. The van der Waals surface area contributed by atoms with E-state index in [0.717, 1.165) is 28.3 Å². The summed E-state index contributed by atoms with van der Waals surface area (Å²) in [5.74, 6) is 0.598. The highest BCUT2D eigenvalue weighted by Crippen LogP contribution is 2.35. The van der Waals surface area contributed by atoms with Crippen molar-refractivity contribution in [3.8, 4) is 11.5 Å². The Morgan fingerprint density at radius 3 is 2.33 bits per heavy atom. The number of hydrogen-bond acceptors (Lipinski definition) is 6. The van der Waals surface area contributed by atoms with E-state index in [1.807, 2.05) is 61.5 Å². The lowest BCUT2D eigenvalue weighted by atomic mass is 10.0. The van der Waals surface area contributed by atoms with Crippen molar-refractivity contribution >= 4 is 43.5 Å². The monoisotopic (exact) mass is 671 g/mol. The average molecular weight is 673 g/mol. The van der Waals surface area contributed by atoms with Crippen molar-refractivity contribution in [1.82, 2.24) is 10.2 Å². The molecule has 1 aliphatic rings. The van der Waals surface area contributed by atoms with Crippen molar-refractivity contribution in [3.63, 3.8) is 0 Å². The lowest BCUT2D eigenvalue weighted by molar-refractivity contribution is -0.141. The molecule has 0 saturated heterocycles. The van der Waals surface area contributed by atoms with E-state index in [0.29, 0.717) is 43.4 Å². The fourth-order valence-electron chi connectivity index (χ4n) is 4.90. The van der Waals surface area contributed by atoms with E-state index >= 15 is 0 Å². The number of sulfonamides is 1. The van der Waals surface area contributed by atoms with Gasteiger partial charge in [-0.05, 0) is 48.2 Å². The Balaban J connectivity index is 1.56. The molecule has 9 nitrogen and oxygen atoms in total. The first-order valence-corrected chi connectivity index (χ1v) is 17.0. The molecule has 1 heterocycles. The molecule has 11 heteroatoms. The molecule has 2 amide bonds. The van der Waals surface area contributed by atoms with E-state index < -0.39 is 16.1 Å². The first kappa shape index (κ1) is 32.3. The summed E-state index contributed by atoms with van der Waals surface area (Å²) in [5.41, 5.74) is 2.26. The molecule has 0 bridgehead atoms. The van der Waals surface area contributed by atoms with Crippen LogP contribution in [-0.4, -0.2) is 63.7 Å². The zero-order valence-electron chi connectivity index (χ0n) is 24.5. The molecule has 0 aromatic heterocycles. The van der Waals surface area contributed by atoms with E-state index in [9.17, 15) is 18.0 Å². The second kappa shape index (κ2) is 15.2. The van der Waals surface area contributed by atoms with Gasteiger partial charge in [0.05, 0.1) is 11.9 Å². The molecule has 0 aliphatic carbocycles. The number of amides is 2. The van der Waals surface area contributed by atoms with Crippen LogP contribution in [0.25, 0.3) is 0 Å². The van der Waals surface area contributed by atoms with E-state index in [4.69, 9.17) is 9.47 Å². The molecule has 0 saturated carbocycles. The van der Waals surface area contributed by atoms with Crippen LogP contribution in [0.1, 0.15) is 37.3 Å². The molecule has 3 aromatic carbocycles. The van der Waals surface area contributed by atoms with Crippen LogP contribution in [0.3, 0.4) is 0 Å². The summed E-state index contributed by atoms with van der Waals surface area (Å²) in [6.45, 7) is 3.62. The van der Waals surface area contributed by atoms with Gasteiger partial charge in [-0.2, -0.15) is 0 Å². The molecule has 1 atom stereocenters. The van der Waals surface area contributed by atoms with Gasteiger partial charge < -0.3 is 19.7 Å². The Hall–Kier alpha value is -3.57. The van der Waals surface area contributed by atoms with Gasteiger partial charge in [0.15, 0.2) is 11.5 Å². The maximum atomic E-state index is 13.9. The first-order valence-electron chi connectivity index (χ1n) is 14.4. The highest BCUT2D eigenvalue weighted by Gasteiger charge is 2.30. The number of nitrogens with one attached hydrogen (secondary N) is 1. The summed E-state index contributed by atoms with van der Waals surface area (Å²) in [6, 6.07) is 21.5. The van der Waals surface area contributed by atoms with Gasteiger partial charge in [-0.25, -0.2) is 8.42 Å².